The third-order valence-electron chi connectivity index (χ3n) is 7.37. The zero-order valence-corrected chi connectivity index (χ0v) is 23.5. The SMILES string of the molecule is CC(c1ccccc1)C(C)c1ccccc1.CC1CCCCC1C.Cc1ccccc1C.FF.FF.FF. The molecule has 6 heteroatoms. The van der Waals surface area contributed by atoms with Crippen LogP contribution in [0.2, 0.25) is 0 Å². The molecule has 0 aliphatic heterocycles. The molecule has 4 atom stereocenters. The van der Waals surface area contributed by atoms with E-state index in [2.05, 4.69) is 126 Å². The number of aryl methyl sites for hydroxylation is 2. The number of benzene rings is 3. The first-order valence-corrected chi connectivity index (χ1v) is 12.9. The Hall–Kier alpha value is -2.76. The second kappa shape index (κ2) is 24.6. The molecule has 0 N–H and O–H groups in total. The van der Waals surface area contributed by atoms with Crippen LogP contribution in [0.5, 0.6) is 0 Å². The first-order valence-electron chi connectivity index (χ1n) is 12.9. The standard InChI is InChI=1S/C16H18.C8H16.C8H10.3F2/c1-13(15-9-5-3-6-10-15)14(2)16-11-7-4-8-12-16;2*1-7-5-3-4-6-8(7)2;3*1-2/h3-14H,1-2H3;7-8H,3-6H2,1-2H3;3-6H,1-2H3;;;. The maximum atomic E-state index is 8.00. The van der Waals surface area contributed by atoms with Gasteiger partial charge >= 0.3 is 0 Å². The topological polar surface area (TPSA) is 0 Å². The van der Waals surface area contributed by atoms with Gasteiger partial charge in [0.1, 0.15) is 0 Å². The molecule has 0 aromatic heterocycles. The average Bonchev–Trinajstić information content (AvgIpc) is 3.00. The van der Waals surface area contributed by atoms with E-state index in [4.69, 9.17) is 27.4 Å². The zero-order valence-electron chi connectivity index (χ0n) is 23.5. The lowest BCUT2D eigenvalue weighted by atomic mass is 9.82. The van der Waals surface area contributed by atoms with Crippen molar-refractivity contribution in [2.24, 2.45) is 11.8 Å². The van der Waals surface area contributed by atoms with Crippen LogP contribution < -0.4 is 0 Å². The fraction of sp³-hybridized carbons (Fsp3) is 0.438. The summed E-state index contributed by atoms with van der Waals surface area (Å²) in [6, 6.07) is 29.8. The lowest BCUT2D eigenvalue weighted by Crippen LogP contribution is -2.12. The molecule has 214 valence electrons. The lowest BCUT2D eigenvalue weighted by Gasteiger charge is -2.24. The van der Waals surface area contributed by atoms with Gasteiger partial charge in [-0.3, -0.25) is 0 Å². The summed E-state index contributed by atoms with van der Waals surface area (Å²) in [5.74, 6) is 3.12. The summed E-state index contributed by atoms with van der Waals surface area (Å²) in [5.41, 5.74) is 5.57. The third-order valence-corrected chi connectivity index (χ3v) is 7.37. The summed E-state index contributed by atoms with van der Waals surface area (Å²) in [6.07, 6.45) is 5.90. The Labute approximate surface area is 225 Å². The number of hydrogen-bond donors (Lipinski definition) is 0. The summed E-state index contributed by atoms with van der Waals surface area (Å²) >= 11 is 0. The van der Waals surface area contributed by atoms with Crippen molar-refractivity contribution in [1.29, 1.82) is 0 Å². The van der Waals surface area contributed by atoms with Gasteiger partial charge in [0.25, 0.3) is 0 Å². The van der Waals surface area contributed by atoms with E-state index in [1.54, 1.807) is 0 Å². The van der Waals surface area contributed by atoms with Gasteiger partial charge in [-0.1, -0.05) is 138 Å². The number of rotatable bonds is 3. The highest BCUT2D eigenvalue weighted by Gasteiger charge is 2.16. The van der Waals surface area contributed by atoms with Gasteiger partial charge in [-0.15, -0.1) is 0 Å². The minimum absolute atomic E-state index is 0.559. The monoisotopic (exact) mass is 542 g/mol. The molecule has 1 saturated carbocycles. The highest BCUT2D eigenvalue weighted by molar-refractivity contribution is 5.27. The summed E-state index contributed by atoms with van der Waals surface area (Å²) < 4.78 is 48.0. The summed E-state index contributed by atoms with van der Waals surface area (Å²) in [5, 5.41) is 0. The quantitative estimate of drug-likeness (QED) is 0.289. The molecule has 1 aliphatic rings. The van der Waals surface area contributed by atoms with Crippen molar-refractivity contribution < 1.29 is 27.4 Å². The minimum atomic E-state index is 0.559. The van der Waals surface area contributed by atoms with E-state index in [0.717, 1.165) is 11.8 Å². The van der Waals surface area contributed by atoms with Crippen LogP contribution in [0.1, 0.15) is 87.5 Å². The third kappa shape index (κ3) is 15.5. The molecule has 0 saturated heterocycles. The molecule has 1 fully saturated rings. The average molecular weight is 543 g/mol. The Bertz CT molecular complexity index is 814. The molecule has 1 aliphatic carbocycles. The summed E-state index contributed by atoms with van der Waals surface area (Å²) in [4.78, 5) is 0. The molecule has 0 heterocycles. The van der Waals surface area contributed by atoms with Crippen LogP contribution in [0.3, 0.4) is 0 Å². The second-order valence-electron chi connectivity index (χ2n) is 9.72. The molecule has 0 spiro atoms. The van der Waals surface area contributed by atoms with Crippen molar-refractivity contribution in [2.45, 2.75) is 79.1 Å². The van der Waals surface area contributed by atoms with Crippen molar-refractivity contribution in [3.63, 3.8) is 0 Å². The van der Waals surface area contributed by atoms with E-state index >= 15 is 0 Å². The smallest absolute Gasteiger partial charge is 0 e. The van der Waals surface area contributed by atoms with Crippen LogP contribution in [-0.4, -0.2) is 0 Å². The van der Waals surface area contributed by atoms with Crippen molar-refractivity contribution >= 4 is 0 Å². The van der Waals surface area contributed by atoms with Gasteiger partial charge in [-0.05, 0) is 59.8 Å². The summed E-state index contributed by atoms with van der Waals surface area (Å²) in [6.45, 7) is 13.6. The number of halogens is 6. The van der Waals surface area contributed by atoms with Crippen molar-refractivity contribution in [2.75, 3.05) is 0 Å². The molecule has 3 aromatic rings. The van der Waals surface area contributed by atoms with Crippen molar-refractivity contribution in [3.8, 4) is 0 Å². The lowest BCUT2D eigenvalue weighted by molar-refractivity contribution is 0.108. The zero-order chi connectivity index (χ0) is 29.3. The molecule has 3 aromatic carbocycles. The van der Waals surface area contributed by atoms with Gasteiger partial charge < -0.3 is 0 Å². The van der Waals surface area contributed by atoms with Gasteiger partial charge in [-0.25, -0.2) is 0 Å². The van der Waals surface area contributed by atoms with Crippen LogP contribution in [0.25, 0.3) is 0 Å². The maximum Gasteiger partial charge on any atom is 0 e. The van der Waals surface area contributed by atoms with Crippen LogP contribution in [-0.2, 0) is 0 Å². The molecule has 38 heavy (non-hydrogen) atoms. The van der Waals surface area contributed by atoms with Crippen LogP contribution in [0.15, 0.2) is 84.9 Å². The maximum absolute atomic E-state index is 8.00. The van der Waals surface area contributed by atoms with Crippen LogP contribution in [0.4, 0.5) is 27.4 Å². The Balaban J connectivity index is 0. The van der Waals surface area contributed by atoms with Crippen molar-refractivity contribution in [1.82, 2.24) is 0 Å². The fourth-order valence-corrected chi connectivity index (χ4v) is 4.25. The first-order chi connectivity index (χ1) is 18.4. The predicted octanol–water partition coefficient (Wildman–Crippen LogP) is 12.3. The van der Waals surface area contributed by atoms with E-state index < -0.39 is 0 Å². The largest absolute Gasteiger partial charge is 0.0623 e. The van der Waals surface area contributed by atoms with E-state index in [0.29, 0.717) is 11.8 Å². The van der Waals surface area contributed by atoms with E-state index in [-0.39, 0.29) is 0 Å². The fourth-order valence-electron chi connectivity index (χ4n) is 4.25. The van der Waals surface area contributed by atoms with Gasteiger partial charge in [0.15, 0.2) is 0 Å². The molecular formula is C32H44F6. The second-order valence-corrected chi connectivity index (χ2v) is 9.72. The van der Waals surface area contributed by atoms with Crippen LogP contribution >= 0.6 is 0 Å². The van der Waals surface area contributed by atoms with E-state index in [1.807, 2.05) is 0 Å². The van der Waals surface area contributed by atoms with E-state index in [1.165, 1.54) is 47.9 Å². The number of hydrogen-bond acceptors (Lipinski definition) is 0. The van der Waals surface area contributed by atoms with Crippen molar-refractivity contribution in [3.05, 3.63) is 107 Å². The molecule has 0 amide bonds. The van der Waals surface area contributed by atoms with Gasteiger partial charge in [0.05, 0.1) is 0 Å². The molecule has 4 rings (SSSR count). The highest BCUT2D eigenvalue weighted by Crippen LogP contribution is 2.31. The molecular weight excluding hydrogens is 498 g/mol. The Morgan fingerprint density at radius 2 is 0.763 bits per heavy atom. The van der Waals surface area contributed by atoms with Gasteiger partial charge in [0, 0.05) is 27.4 Å². The molecule has 4 unspecified atom stereocenters. The first kappa shape index (κ1) is 37.4. The van der Waals surface area contributed by atoms with Crippen LogP contribution in [0, 0.1) is 25.7 Å². The minimum Gasteiger partial charge on any atom is -0.0623 e. The molecule has 0 nitrogen and oxygen atoms in total. The Morgan fingerprint density at radius 1 is 0.500 bits per heavy atom. The molecule has 0 radical (unpaired) electrons. The Kier molecular flexibility index (Phi) is 24.2. The van der Waals surface area contributed by atoms with E-state index in [9.17, 15) is 0 Å². The van der Waals surface area contributed by atoms with Gasteiger partial charge in [0.2, 0.25) is 0 Å². The summed E-state index contributed by atoms with van der Waals surface area (Å²) in [7, 11) is 0. The van der Waals surface area contributed by atoms with Gasteiger partial charge in [-0.2, -0.15) is 0 Å². The Morgan fingerprint density at radius 3 is 1.00 bits per heavy atom. The predicted molar refractivity (Wildman–Crippen MR) is 149 cm³/mol. The highest BCUT2D eigenvalue weighted by atomic mass is 20.0. The normalized spacial score (nSPS) is 16.8. The molecule has 0 bridgehead atoms.